The summed E-state index contributed by atoms with van der Waals surface area (Å²) in [5.41, 5.74) is 0.260. The molecule has 1 rings (SSSR count). The minimum atomic E-state index is -4.76. The first-order valence-corrected chi connectivity index (χ1v) is 7.99. The van der Waals surface area contributed by atoms with E-state index in [4.69, 9.17) is 0 Å². The van der Waals surface area contributed by atoms with Crippen LogP contribution in [0.1, 0.15) is 13.8 Å². The molecule has 0 unspecified atom stereocenters. The number of nitrogens with one attached hydrogen (secondary N) is 2. The van der Waals surface area contributed by atoms with E-state index in [-0.39, 0.29) is 17.3 Å². The Balaban J connectivity index is 2.71. The Hall–Kier alpha value is -1.41. The number of hydrogen-bond donors (Lipinski definition) is 2. The third kappa shape index (κ3) is 7.04. The maximum atomic E-state index is 12.2. The molecule has 0 saturated carbocycles. The predicted octanol–water partition coefficient (Wildman–Crippen LogP) is 3.25. The minimum absolute atomic E-state index is 0.260. The molecule has 1 amide bonds. The van der Waals surface area contributed by atoms with Crippen molar-refractivity contribution in [3.8, 4) is 5.75 Å². The molecule has 1 aromatic carbocycles. The van der Waals surface area contributed by atoms with E-state index in [1.165, 1.54) is 18.2 Å². The average molecular weight is 336 g/mol. The molecule has 4 nitrogen and oxygen atoms in total. The highest BCUT2D eigenvalue weighted by atomic mass is 32.2. The van der Waals surface area contributed by atoms with Crippen LogP contribution in [0.2, 0.25) is 0 Å². The van der Waals surface area contributed by atoms with Gasteiger partial charge in [-0.05, 0) is 24.4 Å². The number of ether oxygens (including phenoxy) is 1. The summed E-state index contributed by atoms with van der Waals surface area (Å²) in [5.74, 6) is 0.819. The Morgan fingerprint density at radius 3 is 2.68 bits per heavy atom. The van der Waals surface area contributed by atoms with Gasteiger partial charge < -0.3 is 15.4 Å². The van der Waals surface area contributed by atoms with Gasteiger partial charge in [0.25, 0.3) is 0 Å². The molecule has 1 atom stereocenters. The van der Waals surface area contributed by atoms with Crippen molar-refractivity contribution < 1.29 is 22.7 Å². The van der Waals surface area contributed by atoms with Crippen LogP contribution >= 0.6 is 11.8 Å². The molecule has 22 heavy (non-hydrogen) atoms. The number of likely N-dealkylation sites (N-methyl/N-ethyl adjacent to an activating group) is 1. The molecule has 1 aromatic rings. The van der Waals surface area contributed by atoms with Gasteiger partial charge in [0.15, 0.2) is 0 Å². The molecule has 0 saturated heterocycles. The van der Waals surface area contributed by atoms with Crippen LogP contribution in [-0.2, 0) is 4.79 Å². The van der Waals surface area contributed by atoms with Gasteiger partial charge in [-0.1, -0.05) is 19.9 Å². The number of anilines is 1. The van der Waals surface area contributed by atoms with Crippen LogP contribution in [0.3, 0.4) is 0 Å². The third-order valence-corrected chi connectivity index (χ3v) is 3.57. The van der Waals surface area contributed by atoms with Crippen molar-refractivity contribution in [2.24, 2.45) is 0 Å². The predicted molar refractivity (Wildman–Crippen MR) is 82.2 cm³/mol. The Morgan fingerprint density at radius 1 is 1.36 bits per heavy atom. The van der Waals surface area contributed by atoms with Crippen LogP contribution in [-0.4, -0.2) is 36.4 Å². The number of thioether (sulfide) groups is 1. The SMILES string of the molecule is CCN[C@@H](CSCC)C(=O)Nc1cccc(OC(F)(F)F)c1. The third-order valence-electron chi connectivity index (χ3n) is 2.59. The van der Waals surface area contributed by atoms with E-state index in [2.05, 4.69) is 15.4 Å². The average Bonchev–Trinajstić information content (AvgIpc) is 2.41. The summed E-state index contributed by atoms with van der Waals surface area (Å²) >= 11 is 1.61. The fourth-order valence-corrected chi connectivity index (χ4v) is 2.45. The van der Waals surface area contributed by atoms with Crippen molar-refractivity contribution in [2.45, 2.75) is 26.3 Å². The molecule has 0 fully saturated rings. The number of amides is 1. The second-order valence-corrected chi connectivity index (χ2v) is 5.65. The Labute approximate surface area is 131 Å². The van der Waals surface area contributed by atoms with E-state index < -0.39 is 12.4 Å². The Kier molecular flexibility index (Phi) is 7.53. The van der Waals surface area contributed by atoms with Crippen LogP contribution in [0.4, 0.5) is 18.9 Å². The zero-order valence-electron chi connectivity index (χ0n) is 12.4. The number of benzene rings is 1. The van der Waals surface area contributed by atoms with Crippen LogP contribution in [0, 0.1) is 0 Å². The molecule has 0 bridgehead atoms. The molecule has 0 radical (unpaired) electrons. The van der Waals surface area contributed by atoms with Gasteiger partial charge in [-0.3, -0.25) is 4.79 Å². The van der Waals surface area contributed by atoms with Crippen LogP contribution < -0.4 is 15.4 Å². The van der Waals surface area contributed by atoms with Crippen LogP contribution in [0.15, 0.2) is 24.3 Å². The lowest BCUT2D eigenvalue weighted by Crippen LogP contribution is -2.42. The summed E-state index contributed by atoms with van der Waals surface area (Å²) in [7, 11) is 0. The number of hydrogen-bond acceptors (Lipinski definition) is 4. The lowest BCUT2D eigenvalue weighted by atomic mass is 10.2. The van der Waals surface area contributed by atoms with E-state index in [1.807, 2.05) is 13.8 Å². The molecule has 0 aliphatic rings. The van der Waals surface area contributed by atoms with Crippen molar-refractivity contribution in [2.75, 3.05) is 23.4 Å². The fourth-order valence-electron chi connectivity index (χ4n) is 1.71. The number of halogens is 3. The molecule has 0 spiro atoms. The summed E-state index contributed by atoms with van der Waals surface area (Å²) in [5, 5.41) is 5.65. The van der Waals surface area contributed by atoms with Gasteiger partial charge >= 0.3 is 6.36 Å². The van der Waals surface area contributed by atoms with Crippen molar-refractivity contribution >= 4 is 23.4 Å². The second kappa shape index (κ2) is 8.89. The highest BCUT2D eigenvalue weighted by Gasteiger charge is 2.31. The highest BCUT2D eigenvalue weighted by molar-refractivity contribution is 7.99. The molecule has 0 heterocycles. The molecule has 8 heteroatoms. The fraction of sp³-hybridized carbons (Fsp3) is 0.500. The second-order valence-electron chi connectivity index (χ2n) is 4.33. The van der Waals surface area contributed by atoms with Crippen LogP contribution in [0.5, 0.6) is 5.75 Å². The van der Waals surface area contributed by atoms with E-state index in [1.54, 1.807) is 11.8 Å². The largest absolute Gasteiger partial charge is 0.573 e. The van der Waals surface area contributed by atoms with Crippen molar-refractivity contribution in [3.63, 3.8) is 0 Å². The normalized spacial score (nSPS) is 12.8. The molecule has 2 N–H and O–H groups in total. The van der Waals surface area contributed by atoms with Gasteiger partial charge in [0, 0.05) is 17.5 Å². The molecule has 0 aliphatic carbocycles. The quantitative estimate of drug-likeness (QED) is 0.765. The summed E-state index contributed by atoms with van der Waals surface area (Å²) < 4.78 is 40.4. The van der Waals surface area contributed by atoms with E-state index in [0.29, 0.717) is 12.3 Å². The molecule has 124 valence electrons. The highest BCUT2D eigenvalue weighted by Crippen LogP contribution is 2.25. The van der Waals surface area contributed by atoms with Gasteiger partial charge in [-0.15, -0.1) is 13.2 Å². The maximum Gasteiger partial charge on any atom is 0.573 e. The Morgan fingerprint density at radius 2 is 2.09 bits per heavy atom. The first-order valence-electron chi connectivity index (χ1n) is 6.83. The number of carbonyl (C=O) groups excluding carboxylic acids is 1. The lowest BCUT2D eigenvalue weighted by molar-refractivity contribution is -0.274. The minimum Gasteiger partial charge on any atom is -0.406 e. The standard InChI is InChI=1S/C14H19F3N2O2S/c1-3-18-12(9-22-4-2)13(20)19-10-6-5-7-11(8-10)21-14(15,16)17/h5-8,12,18H,3-4,9H2,1-2H3,(H,19,20)/t12-/m0/s1. The van der Waals surface area contributed by atoms with Gasteiger partial charge in [-0.2, -0.15) is 11.8 Å². The number of rotatable bonds is 8. The number of alkyl halides is 3. The van der Waals surface area contributed by atoms with Gasteiger partial charge in [-0.25, -0.2) is 0 Å². The maximum absolute atomic E-state index is 12.2. The van der Waals surface area contributed by atoms with Gasteiger partial charge in [0.2, 0.25) is 5.91 Å². The summed E-state index contributed by atoms with van der Waals surface area (Å²) in [6.45, 7) is 4.50. The molecule has 0 aromatic heterocycles. The smallest absolute Gasteiger partial charge is 0.406 e. The summed E-state index contributed by atoms with van der Waals surface area (Å²) in [6, 6.07) is 4.82. The first kappa shape index (κ1) is 18.6. The van der Waals surface area contributed by atoms with E-state index in [0.717, 1.165) is 11.8 Å². The zero-order chi connectivity index (χ0) is 16.6. The van der Waals surface area contributed by atoms with E-state index >= 15 is 0 Å². The first-order chi connectivity index (χ1) is 10.4. The summed E-state index contributed by atoms with van der Waals surface area (Å²) in [4.78, 5) is 12.2. The van der Waals surface area contributed by atoms with Crippen molar-refractivity contribution in [1.29, 1.82) is 0 Å². The lowest BCUT2D eigenvalue weighted by Gasteiger charge is -2.17. The Bertz CT molecular complexity index is 483. The van der Waals surface area contributed by atoms with E-state index in [9.17, 15) is 18.0 Å². The number of carbonyl (C=O) groups is 1. The summed E-state index contributed by atoms with van der Waals surface area (Å²) in [6.07, 6.45) is -4.76. The van der Waals surface area contributed by atoms with Crippen molar-refractivity contribution in [3.05, 3.63) is 24.3 Å². The topological polar surface area (TPSA) is 50.4 Å². The van der Waals surface area contributed by atoms with Crippen LogP contribution in [0.25, 0.3) is 0 Å². The van der Waals surface area contributed by atoms with Gasteiger partial charge in [0.05, 0.1) is 6.04 Å². The monoisotopic (exact) mass is 336 g/mol. The zero-order valence-corrected chi connectivity index (χ0v) is 13.2. The van der Waals surface area contributed by atoms with Gasteiger partial charge in [0.1, 0.15) is 5.75 Å². The molecular formula is C14H19F3N2O2S. The van der Waals surface area contributed by atoms with Crippen molar-refractivity contribution in [1.82, 2.24) is 5.32 Å². The molecular weight excluding hydrogens is 317 g/mol. The molecule has 0 aliphatic heterocycles.